The van der Waals surface area contributed by atoms with Crippen LogP contribution in [-0.2, 0) is 9.53 Å². The number of hydrogen-bond acceptors (Lipinski definition) is 4. The molecule has 6 heteroatoms. The van der Waals surface area contributed by atoms with Crippen molar-refractivity contribution in [3.05, 3.63) is 29.8 Å². The summed E-state index contributed by atoms with van der Waals surface area (Å²) >= 11 is 0. The van der Waals surface area contributed by atoms with Crippen LogP contribution in [0.15, 0.2) is 24.3 Å². The third-order valence-corrected chi connectivity index (χ3v) is 3.58. The van der Waals surface area contributed by atoms with Gasteiger partial charge in [0.2, 0.25) is 5.91 Å². The van der Waals surface area contributed by atoms with E-state index in [0.717, 1.165) is 24.4 Å². The second-order valence-electron chi connectivity index (χ2n) is 4.79. The second-order valence-corrected chi connectivity index (χ2v) is 4.79. The van der Waals surface area contributed by atoms with E-state index in [4.69, 9.17) is 9.47 Å². The number of piperazine rings is 1. The Balaban J connectivity index is 0.00000220. The number of carbonyl (C=O) groups is 1. The van der Waals surface area contributed by atoms with Gasteiger partial charge in [0.05, 0.1) is 26.2 Å². The van der Waals surface area contributed by atoms with Gasteiger partial charge < -0.3 is 19.7 Å². The van der Waals surface area contributed by atoms with E-state index in [1.54, 1.807) is 14.2 Å². The molecule has 1 heterocycles. The summed E-state index contributed by atoms with van der Waals surface area (Å²) in [5.74, 6) is 0.954. The van der Waals surface area contributed by atoms with Crippen molar-refractivity contribution in [3.63, 3.8) is 0 Å². The number of ether oxygens (including phenoxy) is 2. The quantitative estimate of drug-likeness (QED) is 0.897. The Morgan fingerprint density at radius 3 is 2.86 bits per heavy atom. The molecule has 0 bridgehead atoms. The molecule has 118 valence electrons. The summed E-state index contributed by atoms with van der Waals surface area (Å²) in [6.07, 6.45) is 0.419. The van der Waals surface area contributed by atoms with Crippen LogP contribution in [0.25, 0.3) is 0 Å². The maximum atomic E-state index is 12.3. The molecule has 1 aromatic carbocycles. The van der Waals surface area contributed by atoms with Gasteiger partial charge in [-0.1, -0.05) is 18.2 Å². The van der Waals surface area contributed by atoms with E-state index < -0.39 is 0 Å². The zero-order chi connectivity index (χ0) is 14.4. The lowest BCUT2D eigenvalue weighted by Gasteiger charge is -2.37. The van der Waals surface area contributed by atoms with Crippen molar-refractivity contribution in [2.45, 2.75) is 12.5 Å². The van der Waals surface area contributed by atoms with Crippen LogP contribution in [0.2, 0.25) is 0 Å². The normalized spacial score (nSPS) is 18.0. The molecule has 0 radical (unpaired) electrons. The van der Waals surface area contributed by atoms with Crippen LogP contribution in [0.4, 0.5) is 0 Å². The first-order valence-corrected chi connectivity index (χ1v) is 6.90. The molecule has 1 fully saturated rings. The second kappa shape index (κ2) is 8.87. The molecule has 0 aromatic heterocycles. The van der Waals surface area contributed by atoms with E-state index in [2.05, 4.69) is 5.32 Å². The number of para-hydroxylation sites is 1. The van der Waals surface area contributed by atoms with Crippen molar-refractivity contribution in [2.24, 2.45) is 0 Å². The van der Waals surface area contributed by atoms with Gasteiger partial charge in [0.15, 0.2) is 0 Å². The van der Waals surface area contributed by atoms with E-state index >= 15 is 0 Å². The molecular formula is C15H23ClN2O3. The van der Waals surface area contributed by atoms with Gasteiger partial charge in [-0.2, -0.15) is 0 Å². The molecule has 0 aliphatic carbocycles. The van der Waals surface area contributed by atoms with Crippen LogP contribution in [-0.4, -0.2) is 51.3 Å². The average Bonchev–Trinajstić information content (AvgIpc) is 2.52. The SMILES string of the molecule is COCCC(=O)N1CCNCC1c1ccccc1OC.Cl. The molecule has 21 heavy (non-hydrogen) atoms. The van der Waals surface area contributed by atoms with Gasteiger partial charge >= 0.3 is 0 Å². The summed E-state index contributed by atoms with van der Waals surface area (Å²) < 4.78 is 10.4. The third kappa shape index (κ3) is 4.33. The summed E-state index contributed by atoms with van der Waals surface area (Å²) in [5, 5.41) is 3.34. The lowest BCUT2D eigenvalue weighted by Crippen LogP contribution is -2.49. The highest BCUT2D eigenvalue weighted by Gasteiger charge is 2.29. The first-order valence-electron chi connectivity index (χ1n) is 6.90. The van der Waals surface area contributed by atoms with Crippen LogP contribution in [0.5, 0.6) is 5.75 Å². The van der Waals surface area contributed by atoms with Crippen molar-refractivity contribution in [1.29, 1.82) is 0 Å². The molecule has 1 amide bonds. The molecule has 1 saturated heterocycles. The number of hydrogen-bond donors (Lipinski definition) is 1. The molecule has 1 unspecified atom stereocenters. The minimum atomic E-state index is 0. The fourth-order valence-electron chi connectivity index (χ4n) is 2.56. The largest absolute Gasteiger partial charge is 0.496 e. The number of amides is 1. The van der Waals surface area contributed by atoms with Crippen LogP contribution >= 0.6 is 12.4 Å². The number of methoxy groups -OCH3 is 2. The van der Waals surface area contributed by atoms with E-state index in [1.165, 1.54) is 0 Å². The van der Waals surface area contributed by atoms with Gasteiger partial charge in [-0.3, -0.25) is 4.79 Å². The van der Waals surface area contributed by atoms with Gasteiger partial charge in [0.1, 0.15) is 5.75 Å². The predicted molar refractivity (Wildman–Crippen MR) is 84.1 cm³/mol. The van der Waals surface area contributed by atoms with Crippen molar-refractivity contribution >= 4 is 18.3 Å². The molecule has 1 aromatic rings. The van der Waals surface area contributed by atoms with E-state index in [0.29, 0.717) is 19.6 Å². The number of halogens is 1. The highest BCUT2D eigenvalue weighted by molar-refractivity contribution is 5.85. The molecule has 5 nitrogen and oxygen atoms in total. The van der Waals surface area contributed by atoms with Gasteiger partial charge in [0.25, 0.3) is 0 Å². The van der Waals surface area contributed by atoms with Crippen LogP contribution in [0.1, 0.15) is 18.0 Å². The van der Waals surface area contributed by atoms with E-state index in [-0.39, 0.29) is 24.4 Å². The topological polar surface area (TPSA) is 50.8 Å². The van der Waals surface area contributed by atoms with Gasteiger partial charge in [-0.05, 0) is 6.07 Å². The summed E-state index contributed by atoms with van der Waals surface area (Å²) in [4.78, 5) is 14.2. The fourth-order valence-corrected chi connectivity index (χ4v) is 2.56. The third-order valence-electron chi connectivity index (χ3n) is 3.58. The first kappa shape index (κ1) is 17.8. The van der Waals surface area contributed by atoms with E-state index in [1.807, 2.05) is 29.2 Å². The minimum Gasteiger partial charge on any atom is -0.496 e. The summed E-state index contributed by atoms with van der Waals surface area (Å²) in [5.41, 5.74) is 1.05. The van der Waals surface area contributed by atoms with Crippen molar-refractivity contribution in [3.8, 4) is 5.75 Å². The molecule has 1 aliphatic heterocycles. The Morgan fingerprint density at radius 1 is 1.38 bits per heavy atom. The fraction of sp³-hybridized carbons (Fsp3) is 0.533. The lowest BCUT2D eigenvalue weighted by atomic mass is 10.0. The van der Waals surface area contributed by atoms with Crippen molar-refractivity contribution < 1.29 is 14.3 Å². The van der Waals surface area contributed by atoms with Gasteiger partial charge in [-0.25, -0.2) is 0 Å². The molecule has 1 aliphatic rings. The van der Waals surface area contributed by atoms with Crippen molar-refractivity contribution in [2.75, 3.05) is 40.5 Å². The van der Waals surface area contributed by atoms with Crippen LogP contribution < -0.4 is 10.1 Å². The lowest BCUT2D eigenvalue weighted by molar-refractivity contribution is -0.135. The molecule has 0 spiro atoms. The molecule has 1 atom stereocenters. The minimum absolute atomic E-state index is 0. The summed E-state index contributed by atoms with van der Waals surface area (Å²) in [6.45, 7) is 2.75. The van der Waals surface area contributed by atoms with Crippen molar-refractivity contribution in [1.82, 2.24) is 10.2 Å². The Hall–Kier alpha value is -1.30. The van der Waals surface area contributed by atoms with Crippen LogP contribution in [0, 0.1) is 0 Å². The smallest absolute Gasteiger partial charge is 0.225 e. The Morgan fingerprint density at radius 2 is 2.14 bits per heavy atom. The summed E-state index contributed by atoms with van der Waals surface area (Å²) in [6, 6.07) is 7.89. The highest BCUT2D eigenvalue weighted by atomic mass is 35.5. The number of nitrogens with zero attached hydrogens (tertiary/aromatic N) is 1. The zero-order valence-electron chi connectivity index (χ0n) is 12.5. The molecule has 0 saturated carbocycles. The average molecular weight is 315 g/mol. The Bertz CT molecular complexity index is 456. The number of carbonyl (C=O) groups excluding carboxylic acids is 1. The molecule has 2 rings (SSSR count). The van der Waals surface area contributed by atoms with Gasteiger partial charge in [-0.15, -0.1) is 12.4 Å². The highest BCUT2D eigenvalue weighted by Crippen LogP contribution is 2.30. The standard InChI is InChI=1S/C15H22N2O3.ClH/c1-19-10-7-15(18)17-9-8-16-11-13(17)12-5-3-4-6-14(12)20-2;/h3-6,13,16H,7-11H2,1-2H3;1H. The van der Waals surface area contributed by atoms with E-state index in [9.17, 15) is 4.79 Å². The first-order chi connectivity index (χ1) is 9.77. The Kier molecular flexibility index (Phi) is 7.50. The number of rotatable bonds is 5. The van der Waals surface area contributed by atoms with Crippen LogP contribution in [0.3, 0.4) is 0 Å². The molecule has 1 N–H and O–H groups in total. The monoisotopic (exact) mass is 314 g/mol. The Labute approximate surface area is 132 Å². The maximum absolute atomic E-state index is 12.3. The summed E-state index contributed by atoms with van der Waals surface area (Å²) in [7, 11) is 3.27. The zero-order valence-corrected chi connectivity index (χ0v) is 13.3. The number of benzene rings is 1. The predicted octanol–water partition coefficient (Wildman–Crippen LogP) is 1.63. The number of nitrogens with one attached hydrogen (secondary N) is 1. The maximum Gasteiger partial charge on any atom is 0.225 e. The molecular weight excluding hydrogens is 292 g/mol. The van der Waals surface area contributed by atoms with Gasteiger partial charge in [0, 0.05) is 32.3 Å².